The second-order valence-corrected chi connectivity index (χ2v) is 6.44. The number of quaternary nitrogens is 1. The van der Waals surface area contributed by atoms with E-state index in [4.69, 9.17) is 27.9 Å². The van der Waals surface area contributed by atoms with Crippen LogP contribution >= 0.6 is 23.2 Å². The molecule has 0 radical (unpaired) electrons. The summed E-state index contributed by atoms with van der Waals surface area (Å²) in [6.07, 6.45) is 0. The molecule has 0 aliphatic rings. The zero-order valence-corrected chi connectivity index (χ0v) is 15.2. The van der Waals surface area contributed by atoms with Gasteiger partial charge in [-0.05, 0) is 37.3 Å². The number of benzene rings is 2. The topological polar surface area (TPSA) is 42.8 Å². The van der Waals surface area contributed by atoms with E-state index in [1.807, 2.05) is 44.3 Å². The summed E-state index contributed by atoms with van der Waals surface area (Å²) in [6.45, 7) is 3.12. The minimum Gasteiger partial charge on any atom is -0.488 e. The van der Waals surface area contributed by atoms with Crippen LogP contribution in [0.3, 0.4) is 0 Å². The molecule has 1 unspecified atom stereocenters. The van der Waals surface area contributed by atoms with E-state index < -0.39 is 0 Å². The molecule has 0 spiro atoms. The van der Waals surface area contributed by atoms with Crippen LogP contribution in [0.25, 0.3) is 0 Å². The monoisotopic (exact) mass is 367 g/mol. The van der Waals surface area contributed by atoms with Gasteiger partial charge in [0.1, 0.15) is 18.9 Å². The zero-order valence-electron chi connectivity index (χ0n) is 13.7. The van der Waals surface area contributed by atoms with Crippen LogP contribution < -0.4 is 15.0 Å². The van der Waals surface area contributed by atoms with Gasteiger partial charge in [-0.3, -0.25) is 4.79 Å². The number of ether oxygens (including phenoxy) is 1. The molecule has 0 aliphatic carbocycles. The van der Waals surface area contributed by atoms with E-state index in [1.54, 1.807) is 18.2 Å². The number of likely N-dealkylation sites (N-methyl/N-ethyl adjacent to an activating group) is 1. The highest BCUT2D eigenvalue weighted by atomic mass is 35.5. The number of para-hydroxylation sites is 1. The van der Waals surface area contributed by atoms with Gasteiger partial charge in [0.2, 0.25) is 0 Å². The molecule has 0 heterocycles. The molecule has 2 atom stereocenters. The Morgan fingerprint density at radius 2 is 1.92 bits per heavy atom. The number of anilines is 1. The van der Waals surface area contributed by atoms with Gasteiger partial charge in [0.25, 0.3) is 5.91 Å². The molecular weight excluding hydrogens is 347 g/mol. The Bertz CT molecular complexity index is 680. The minimum absolute atomic E-state index is 0.101. The number of halogens is 2. The normalized spacial score (nSPS) is 13.2. The lowest BCUT2D eigenvalue weighted by atomic mass is 10.2. The standard InChI is InChI=1S/C18H20Cl2N2O2/c1-13(18(23)21-17-9-8-14(19)12-16(17)20)22(2)10-11-24-15-6-4-3-5-7-15/h3-9,12-13H,10-11H2,1-2H3,(H,21,23)/p+1/t13-/m1/s1. The number of nitrogens with one attached hydrogen (secondary N) is 2. The molecule has 2 aromatic rings. The molecule has 24 heavy (non-hydrogen) atoms. The highest BCUT2D eigenvalue weighted by molar-refractivity contribution is 6.36. The van der Waals surface area contributed by atoms with Crippen molar-refractivity contribution in [2.75, 3.05) is 25.5 Å². The van der Waals surface area contributed by atoms with Crippen molar-refractivity contribution in [2.24, 2.45) is 0 Å². The van der Waals surface area contributed by atoms with Crippen molar-refractivity contribution in [2.45, 2.75) is 13.0 Å². The maximum atomic E-state index is 12.4. The lowest BCUT2D eigenvalue weighted by Crippen LogP contribution is -3.14. The van der Waals surface area contributed by atoms with Crippen LogP contribution in [0.4, 0.5) is 5.69 Å². The molecule has 6 heteroatoms. The highest BCUT2D eigenvalue weighted by Gasteiger charge is 2.22. The maximum Gasteiger partial charge on any atom is 0.282 e. The third-order valence-corrected chi connectivity index (χ3v) is 4.38. The molecule has 128 valence electrons. The SMILES string of the molecule is C[C@H](C(=O)Nc1ccc(Cl)cc1Cl)[NH+](C)CCOc1ccccc1. The largest absolute Gasteiger partial charge is 0.488 e. The Morgan fingerprint density at radius 1 is 1.21 bits per heavy atom. The maximum absolute atomic E-state index is 12.4. The smallest absolute Gasteiger partial charge is 0.282 e. The minimum atomic E-state index is -0.240. The van der Waals surface area contributed by atoms with Crippen LogP contribution in [0, 0.1) is 0 Å². The molecule has 2 N–H and O–H groups in total. The number of hydrogen-bond donors (Lipinski definition) is 2. The van der Waals surface area contributed by atoms with Gasteiger partial charge in [0.15, 0.2) is 6.04 Å². The van der Waals surface area contributed by atoms with E-state index in [-0.39, 0.29) is 11.9 Å². The third kappa shape index (κ3) is 5.41. The molecule has 0 saturated carbocycles. The Morgan fingerprint density at radius 3 is 2.58 bits per heavy atom. The van der Waals surface area contributed by atoms with Crippen molar-refractivity contribution < 1.29 is 14.4 Å². The van der Waals surface area contributed by atoms with E-state index in [9.17, 15) is 4.79 Å². The van der Waals surface area contributed by atoms with Crippen LogP contribution in [0.5, 0.6) is 5.75 Å². The van der Waals surface area contributed by atoms with Crippen molar-refractivity contribution >= 4 is 34.8 Å². The summed E-state index contributed by atoms with van der Waals surface area (Å²) in [5.41, 5.74) is 0.561. The second kappa shape index (κ2) is 8.92. The molecule has 0 fully saturated rings. The first-order valence-electron chi connectivity index (χ1n) is 7.73. The lowest BCUT2D eigenvalue weighted by molar-refractivity contribution is -0.894. The van der Waals surface area contributed by atoms with Crippen molar-refractivity contribution in [1.29, 1.82) is 0 Å². The molecule has 2 rings (SSSR count). The summed E-state index contributed by atoms with van der Waals surface area (Å²) in [5.74, 6) is 0.729. The molecule has 0 saturated heterocycles. The van der Waals surface area contributed by atoms with Gasteiger partial charge < -0.3 is 15.0 Å². The van der Waals surface area contributed by atoms with E-state index >= 15 is 0 Å². The van der Waals surface area contributed by atoms with Crippen LogP contribution in [0.15, 0.2) is 48.5 Å². The Kier molecular flexibility index (Phi) is 6.91. The fraction of sp³-hybridized carbons (Fsp3) is 0.278. The van der Waals surface area contributed by atoms with Gasteiger partial charge in [-0.1, -0.05) is 41.4 Å². The quantitative estimate of drug-likeness (QED) is 0.789. The van der Waals surface area contributed by atoms with Crippen molar-refractivity contribution in [3.63, 3.8) is 0 Å². The summed E-state index contributed by atoms with van der Waals surface area (Å²) in [5, 5.41) is 3.79. The molecule has 0 bridgehead atoms. The van der Waals surface area contributed by atoms with Gasteiger partial charge in [0.05, 0.1) is 17.8 Å². The van der Waals surface area contributed by atoms with Gasteiger partial charge in [-0.15, -0.1) is 0 Å². The van der Waals surface area contributed by atoms with Crippen LogP contribution in [0.1, 0.15) is 6.92 Å². The van der Waals surface area contributed by atoms with Crippen LogP contribution in [-0.4, -0.2) is 32.1 Å². The number of amides is 1. The predicted octanol–water partition coefficient (Wildman–Crippen LogP) is 2.91. The molecular formula is C18H21Cl2N2O2+. The average molecular weight is 368 g/mol. The Balaban J connectivity index is 1.83. The fourth-order valence-corrected chi connectivity index (χ4v) is 2.57. The number of carbonyl (C=O) groups is 1. The number of rotatable bonds is 7. The van der Waals surface area contributed by atoms with Crippen molar-refractivity contribution in [1.82, 2.24) is 0 Å². The van der Waals surface area contributed by atoms with E-state index in [0.717, 1.165) is 10.6 Å². The molecule has 4 nitrogen and oxygen atoms in total. The lowest BCUT2D eigenvalue weighted by Gasteiger charge is -2.21. The number of carbonyl (C=O) groups excluding carboxylic acids is 1. The van der Waals surface area contributed by atoms with Gasteiger partial charge in [-0.25, -0.2) is 0 Å². The summed E-state index contributed by atoms with van der Waals surface area (Å²) in [7, 11) is 1.96. The van der Waals surface area contributed by atoms with Crippen LogP contribution in [0.2, 0.25) is 10.0 Å². The van der Waals surface area contributed by atoms with Crippen LogP contribution in [-0.2, 0) is 4.79 Å². The second-order valence-electron chi connectivity index (χ2n) is 5.59. The molecule has 2 aromatic carbocycles. The van der Waals surface area contributed by atoms with Gasteiger partial charge >= 0.3 is 0 Å². The third-order valence-electron chi connectivity index (χ3n) is 3.83. The van der Waals surface area contributed by atoms with Crippen molar-refractivity contribution in [3.8, 4) is 5.75 Å². The first-order chi connectivity index (χ1) is 11.5. The number of hydrogen-bond acceptors (Lipinski definition) is 2. The summed E-state index contributed by atoms with van der Waals surface area (Å²) in [6, 6.07) is 14.4. The van der Waals surface area contributed by atoms with E-state index in [0.29, 0.717) is 28.9 Å². The predicted molar refractivity (Wildman–Crippen MR) is 98.2 cm³/mol. The fourth-order valence-electron chi connectivity index (χ4n) is 2.12. The molecule has 0 aliphatic heterocycles. The van der Waals surface area contributed by atoms with E-state index in [1.165, 1.54) is 0 Å². The van der Waals surface area contributed by atoms with Crippen molar-refractivity contribution in [3.05, 3.63) is 58.6 Å². The highest BCUT2D eigenvalue weighted by Crippen LogP contribution is 2.25. The first kappa shape index (κ1) is 18.6. The zero-order chi connectivity index (χ0) is 17.5. The van der Waals surface area contributed by atoms with Gasteiger partial charge in [0, 0.05) is 5.02 Å². The van der Waals surface area contributed by atoms with E-state index in [2.05, 4.69) is 5.32 Å². The Labute approximate surface area is 152 Å². The molecule has 1 amide bonds. The average Bonchev–Trinajstić information content (AvgIpc) is 2.57. The first-order valence-corrected chi connectivity index (χ1v) is 8.49. The summed E-state index contributed by atoms with van der Waals surface area (Å²) >= 11 is 11.9. The summed E-state index contributed by atoms with van der Waals surface area (Å²) in [4.78, 5) is 13.4. The summed E-state index contributed by atoms with van der Waals surface area (Å²) < 4.78 is 5.67. The molecule has 0 aromatic heterocycles. The Hall–Kier alpha value is -1.75. The van der Waals surface area contributed by atoms with Gasteiger partial charge in [-0.2, -0.15) is 0 Å².